The number of hydrogen-bond acceptors (Lipinski definition) is 3. The van der Waals surface area contributed by atoms with Crippen LogP contribution < -0.4 is 0 Å². The van der Waals surface area contributed by atoms with E-state index in [0.717, 1.165) is 44.2 Å². The monoisotopic (exact) mass is 316 g/mol. The molecule has 23 heavy (non-hydrogen) atoms. The molecule has 0 radical (unpaired) electrons. The smallest absolute Gasteiger partial charge is 0.230 e. The van der Waals surface area contributed by atoms with Crippen LogP contribution in [-0.4, -0.2) is 58.5 Å². The summed E-state index contributed by atoms with van der Waals surface area (Å²) in [5.74, 6) is 1.40. The van der Waals surface area contributed by atoms with E-state index in [4.69, 9.17) is 0 Å². The van der Waals surface area contributed by atoms with Crippen molar-refractivity contribution in [1.29, 1.82) is 0 Å². The molecule has 126 valence electrons. The second-order valence-electron chi connectivity index (χ2n) is 8.19. The van der Waals surface area contributed by atoms with Crippen LogP contribution in [0.5, 0.6) is 0 Å². The van der Waals surface area contributed by atoms with E-state index in [1.807, 2.05) is 6.33 Å². The molecule has 5 nitrogen and oxygen atoms in total. The fraction of sp³-hybridized carbons (Fsp3) is 0.778. The van der Waals surface area contributed by atoms with Gasteiger partial charge in [0.05, 0.1) is 17.4 Å². The number of hydrogen-bond donors (Lipinski definition) is 0. The van der Waals surface area contributed by atoms with Gasteiger partial charge in [-0.15, -0.1) is 0 Å². The van der Waals surface area contributed by atoms with Crippen molar-refractivity contribution in [2.45, 2.75) is 45.1 Å². The Bertz CT molecular complexity index is 606. The van der Waals surface area contributed by atoms with E-state index >= 15 is 0 Å². The molecule has 1 aromatic rings. The van der Waals surface area contributed by atoms with Crippen LogP contribution >= 0.6 is 0 Å². The average Bonchev–Trinajstić information content (AvgIpc) is 2.94. The maximum Gasteiger partial charge on any atom is 0.230 e. The van der Waals surface area contributed by atoms with Gasteiger partial charge in [0, 0.05) is 44.3 Å². The molecule has 2 aliphatic heterocycles. The zero-order valence-corrected chi connectivity index (χ0v) is 14.5. The number of imidazole rings is 1. The number of amides is 1. The molecule has 0 N–H and O–H groups in total. The van der Waals surface area contributed by atoms with Crippen molar-refractivity contribution in [3.8, 4) is 0 Å². The first kappa shape index (κ1) is 15.2. The summed E-state index contributed by atoms with van der Waals surface area (Å²) < 4.78 is 2.16. The molecule has 3 aliphatic rings. The summed E-state index contributed by atoms with van der Waals surface area (Å²) in [5, 5.41) is 0. The molecule has 1 saturated carbocycles. The van der Waals surface area contributed by atoms with Crippen LogP contribution in [0, 0.1) is 11.3 Å². The van der Waals surface area contributed by atoms with Crippen molar-refractivity contribution in [2.75, 3.05) is 33.2 Å². The van der Waals surface area contributed by atoms with E-state index < -0.39 is 0 Å². The van der Waals surface area contributed by atoms with Gasteiger partial charge in [0.25, 0.3) is 0 Å². The van der Waals surface area contributed by atoms with Gasteiger partial charge in [0.15, 0.2) is 0 Å². The summed E-state index contributed by atoms with van der Waals surface area (Å²) in [6, 6.07) is 0.414. The number of nitrogens with zero attached hydrogens (tertiary/aromatic N) is 4. The minimum Gasteiger partial charge on any atom is -0.342 e. The van der Waals surface area contributed by atoms with Crippen LogP contribution in [0.15, 0.2) is 12.5 Å². The molecule has 1 aromatic heterocycles. The minimum atomic E-state index is -0.236. The standard InChI is InChI=1S/C18H28N4O/c1-13(2)22-10-16(19-12-22)15-9-20(3)11-18(15)6-7-21(17(18)23)8-14-4-5-14/h10,12-15H,4-9,11H2,1-3H3/t15-,18+/m1/s1. The predicted octanol–water partition coefficient (Wildman–Crippen LogP) is 2.12. The molecule has 3 heterocycles. The lowest BCUT2D eigenvalue weighted by Gasteiger charge is -2.28. The number of likely N-dealkylation sites (N-methyl/N-ethyl adjacent to an activating group) is 1. The van der Waals surface area contributed by atoms with Gasteiger partial charge < -0.3 is 14.4 Å². The molecule has 0 aromatic carbocycles. The topological polar surface area (TPSA) is 41.4 Å². The largest absolute Gasteiger partial charge is 0.342 e. The zero-order chi connectivity index (χ0) is 16.2. The summed E-state index contributed by atoms with van der Waals surface area (Å²) in [7, 11) is 2.14. The van der Waals surface area contributed by atoms with Gasteiger partial charge in [-0.25, -0.2) is 4.98 Å². The lowest BCUT2D eigenvalue weighted by molar-refractivity contribution is -0.136. The van der Waals surface area contributed by atoms with Crippen LogP contribution in [0.4, 0.5) is 0 Å². The predicted molar refractivity (Wildman–Crippen MR) is 89.2 cm³/mol. The number of carbonyl (C=O) groups excluding carboxylic acids is 1. The number of aromatic nitrogens is 2. The third-order valence-electron chi connectivity index (χ3n) is 6.00. The Morgan fingerprint density at radius 3 is 2.83 bits per heavy atom. The Labute approximate surface area is 138 Å². The van der Waals surface area contributed by atoms with Gasteiger partial charge in [0.2, 0.25) is 5.91 Å². The Morgan fingerprint density at radius 2 is 2.17 bits per heavy atom. The summed E-state index contributed by atoms with van der Waals surface area (Å²) in [4.78, 5) is 22.4. The Morgan fingerprint density at radius 1 is 1.39 bits per heavy atom. The second kappa shape index (κ2) is 5.33. The highest BCUT2D eigenvalue weighted by Crippen LogP contribution is 2.49. The maximum atomic E-state index is 13.2. The van der Waals surface area contributed by atoms with E-state index in [9.17, 15) is 4.79 Å². The van der Waals surface area contributed by atoms with E-state index in [1.165, 1.54) is 12.8 Å². The molecule has 0 unspecified atom stereocenters. The summed E-state index contributed by atoms with van der Waals surface area (Å²) in [6.07, 6.45) is 7.68. The molecule has 1 spiro atoms. The summed E-state index contributed by atoms with van der Waals surface area (Å²) in [5.41, 5.74) is 0.865. The van der Waals surface area contributed by atoms with Crippen molar-refractivity contribution in [2.24, 2.45) is 11.3 Å². The molecule has 1 aliphatic carbocycles. The highest BCUT2D eigenvalue weighted by atomic mass is 16.2. The van der Waals surface area contributed by atoms with E-state index in [2.05, 4.69) is 46.4 Å². The van der Waals surface area contributed by atoms with Crippen LogP contribution in [-0.2, 0) is 4.79 Å². The molecule has 2 saturated heterocycles. The van der Waals surface area contributed by atoms with Crippen molar-refractivity contribution in [3.63, 3.8) is 0 Å². The average molecular weight is 316 g/mol. The van der Waals surface area contributed by atoms with Gasteiger partial charge in [0.1, 0.15) is 0 Å². The molecular formula is C18H28N4O. The molecular weight excluding hydrogens is 288 g/mol. The molecule has 2 atom stereocenters. The van der Waals surface area contributed by atoms with Crippen molar-refractivity contribution < 1.29 is 4.79 Å². The van der Waals surface area contributed by atoms with Gasteiger partial charge in [-0.3, -0.25) is 4.79 Å². The van der Waals surface area contributed by atoms with Gasteiger partial charge >= 0.3 is 0 Å². The lowest BCUT2D eigenvalue weighted by Crippen LogP contribution is -2.40. The maximum absolute atomic E-state index is 13.2. The Kier molecular flexibility index (Phi) is 3.52. The molecule has 5 heteroatoms. The van der Waals surface area contributed by atoms with Gasteiger partial charge in [-0.2, -0.15) is 0 Å². The van der Waals surface area contributed by atoms with Gasteiger partial charge in [-0.05, 0) is 46.1 Å². The van der Waals surface area contributed by atoms with Crippen molar-refractivity contribution in [1.82, 2.24) is 19.4 Å². The van der Waals surface area contributed by atoms with Crippen LogP contribution in [0.1, 0.15) is 50.8 Å². The number of likely N-dealkylation sites (tertiary alicyclic amines) is 2. The zero-order valence-electron chi connectivity index (χ0n) is 14.5. The highest BCUT2D eigenvalue weighted by molar-refractivity contribution is 5.86. The summed E-state index contributed by atoms with van der Waals surface area (Å²) >= 11 is 0. The van der Waals surface area contributed by atoms with E-state index in [0.29, 0.717) is 11.9 Å². The first-order valence-corrected chi connectivity index (χ1v) is 9.01. The third-order valence-corrected chi connectivity index (χ3v) is 6.00. The van der Waals surface area contributed by atoms with Gasteiger partial charge in [-0.1, -0.05) is 0 Å². The quantitative estimate of drug-likeness (QED) is 0.854. The molecule has 3 fully saturated rings. The fourth-order valence-corrected chi connectivity index (χ4v) is 4.45. The number of carbonyl (C=O) groups is 1. The lowest BCUT2D eigenvalue weighted by atomic mass is 9.75. The molecule has 1 amide bonds. The van der Waals surface area contributed by atoms with Crippen LogP contribution in [0.25, 0.3) is 0 Å². The number of rotatable bonds is 4. The highest BCUT2D eigenvalue weighted by Gasteiger charge is 2.57. The second-order valence-corrected chi connectivity index (χ2v) is 8.19. The fourth-order valence-electron chi connectivity index (χ4n) is 4.45. The molecule has 0 bridgehead atoms. The molecule has 4 rings (SSSR count). The minimum absolute atomic E-state index is 0.236. The Balaban J connectivity index is 1.61. The van der Waals surface area contributed by atoms with E-state index in [-0.39, 0.29) is 11.3 Å². The third kappa shape index (κ3) is 2.49. The van der Waals surface area contributed by atoms with Crippen molar-refractivity contribution >= 4 is 5.91 Å². The normalized spacial score (nSPS) is 31.9. The van der Waals surface area contributed by atoms with Crippen LogP contribution in [0.2, 0.25) is 0 Å². The first-order valence-electron chi connectivity index (χ1n) is 9.01. The van der Waals surface area contributed by atoms with E-state index in [1.54, 1.807) is 0 Å². The van der Waals surface area contributed by atoms with Crippen LogP contribution in [0.3, 0.4) is 0 Å². The SMILES string of the molecule is CC(C)n1cnc([C@H]2CN(C)C[C@@]23CCN(CC2CC2)C3=O)c1. The summed E-state index contributed by atoms with van der Waals surface area (Å²) in [6.45, 7) is 8.08. The Hall–Kier alpha value is -1.36. The van der Waals surface area contributed by atoms with Crippen molar-refractivity contribution in [3.05, 3.63) is 18.2 Å². The first-order chi connectivity index (χ1) is 11.0.